The number of rotatable bonds is 6. The first-order valence-electron chi connectivity index (χ1n) is 6.07. The molecule has 1 heterocycles. The minimum absolute atomic E-state index is 0.472. The molecule has 0 aromatic heterocycles. The van der Waals surface area contributed by atoms with Gasteiger partial charge in [0.25, 0.3) is 0 Å². The van der Waals surface area contributed by atoms with E-state index in [-0.39, 0.29) is 0 Å². The van der Waals surface area contributed by atoms with Crippen molar-refractivity contribution in [3.05, 3.63) is 0 Å². The molecule has 0 aromatic carbocycles. The first-order valence-corrected chi connectivity index (χ1v) is 6.07. The highest BCUT2D eigenvalue weighted by molar-refractivity contribution is 4.82. The smallest absolute Gasteiger partial charge is 0.0714 e. The van der Waals surface area contributed by atoms with E-state index in [2.05, 4.69) is 26.1 Å². The summed E-state index contributed by atoms with van der Waals surface area (Å²) in [6.07, 6.45) is 5.65. The van der Waals surface area contributed by atoms with Crippen LogP contribution in [0.5, 0.6) is 0 Å². The maximum absolute atomic E-state index is 5.81. The molecule has 1 N–H and O–H groups in total. The van der Waals surface area contributed by atoms with E-state index in [1.165, 1.54) is 25.7 Å². The summed E-state index contributed by atoms with van der Waals surface area (Å²) in [5.74, 6) is 0.657. The van der Waals surface area contributed by atoms with E-state index in [0.717, 1.165) is 13.2 Å². The van der Waals surface area contributed by atoms with Crippen molar-refractivity contribution >= 4 is 0 Å². The molecule has 2 atom stereocenters. The minimum Gasteiger partial charge on any atom is -0.377 e. The van der Waals surface area contributed by atoms with Crippen LogP contribution in [0.25, 0.3) is 0 Å². The summed E-state index contributed by atoms with van der Waals surface area (Å²) >= 11 is 0. The molecule has 1 aliphatic heterocycles. The minimum atomic E-state index is 0.472. The summed E-state index contributed by atoms with van der Waals surface area (Å²) in [5, 5.41) is 3.54. The zero-order valence-corrected chi connectivity index (χ0v) is 9.88. The molecule has 0 aromatic rings. The molecule has 1 saturated heterocycles. The Kier molecular flexibility index (Phi) is 5.49. The molecule has 84 valence electrons. The van der Waals surface area contributed by atoms with Crippen LogP contribution in [0.15, 0.2) is 0 Å². The SMILES string of the molecule is CCCCC1CC(OCC(C)C)CN1. The molecule has 2 nitrogen and oxygen atoms in total. The molecule has 1 rings (SSSR count). The normalized spacial score (nSPS) is 27.4. The van der Waals surface area contributed by atoms with Crippen molar-refractivity contribution < 1.29 is 4.74 Å². The lowest BCUT2D eigenvalue weighted by Gasteiger charge is -2.13. The average Bonchev–Trinajstić information content (AvgIpc) is 2.59. The first-order chi connectivity index (χ1) is 6.72. The quantitative estimate of drug-likeness (QED) is 0.710. The molecular weight excluding hydrogens is 174 g/mol. The van der Waals surface area contributed by atoms with Crippen LogP contribution >= 0.6 is 0 Å². The van der Waals surface area contributed by atoms with Gasteiger partial charge >= 0.3 is 0 Å². The third-order valence-corrected chi connectivity index (χ3v) is 2.75. The molecule has 2 unspecified atom stereocenters. The highest BCUT2D eigenvalue weighted by Crippen LogP contribution is 2.16. The van der Waals surface area contributed by atoms with Crippen LogP contribution in [0, 0.1) is 5.92 Å². The molecule has 0 aliphatic carbocycles. The Morgan fingerprint density at radius 3 is 2.86 bits per heavy atom. The lowest BCUT2D eigenvalue weighted by atomic mass is 10.1. The molecule has 0 radical (unpaired) electrons. The Morgan fingerprint density at radius 2 is 2.21 bits per heavy atom. The van der Waals surface area contributed by atoms with Crippen molar-refractivity contribution in [2.24, 2.45) is 5.92 Å². The van der Waals surface area contributed by atoms with Gasteiger partial charge in [0.05, 0.1) is 6.10 Å². The number of hydrogen-bond acceptors (Lipinski definition) is 2. The second-order valence-corrected chi connectivity index (χ2v) is 4.83. The van der Waals surface area contributed by atoms with Crippen LogP contribution < -0.4 is 5.32 Å². The molecule has 0 saturated carbocycles. The lowest BCUT2D eigenvalue weighted by molar-refractivity contribution is 0.0469. The highest BCUT2D eigenvalue weighted by atomic mass is 16.5. The Bertz CT molecular complexity index is 147. The van der Waals surface area contributed by atoms with E-state index in [9.17, 15) is 0 Å². The van der Waals surface area contributed by atoms with E-state index in [1.54, 1.807) is 0 Å². The van der Waals surface area contributed by atoms with Crippen molar-refractivity contribution in [2.45, 2.75) is 58.6 Å². The van der Waals surface area contributed by atoms with Crippen molar-refractivity contribution in [1.82, 2.24) is 5.32 Å². The zero-order chi connectivity index (χ0) is 10.4. The van der Waals surface area contributed by atoms with Gasteiger partial charge in [-0.2, -0.15) is 0 Å². The van der Waals surface area contributed by atoms with Crippen molar-refractivity contribution in [3.63, 3.8) is 0 Å². The van der Waals surface area contributed by atoms with Crippen molar-refractivity contribution in [3.8, 4) is 0 Å². The fraction of sp³-hybridized carbons (Fsp3) is 1.00. The van der Waals surface area contributed by atoms with Gasteiger partial charge in [-0.05, 0) is 18.8 Å². The van der Waals surface area contributed by atoms with Crippen molar-refractivity contribution in [2.75, 3.05) is 13.2 Å². The van der Waals surface area contributed by atoms with Crippen LogP contribution in [-0.2, 0) is 4.74 Å². The summed E-state index contributed by atoms with van der Waals surface area (Å²) < 4.78 is 5.81. The monoisotopic (exact) mass is 199 g/mol. The molecule has 14 heavy (non-hydrogen) atoms. The van der Waals surface area contributed by atoms with E-state index in [1.807, 2.05) is 0 Å². The zero-order valence-electron chi connectivity index (χ0n) is 9.88. The van der Waals surface area contributed by atoms with Gasteiger partial charge in [-0.3, -0.25) is 0 Å². The van der Waals surface area contributed by atoms with Crippen molar-refractivity contribution in [1.29, 1.82) is 0 Å². The van der Waals surface area contributed by atoms with Gasteiger partial charge in [0.15, 0.2) is 0 Å². The van der Waals surface area contributed by atoms with Crippen LogP contribution in [0.4, 0.5) is 0 Å². The second-order valence-electron chi connectivity index (χ2n) is 4.83. The summed E-state index contributed by atoms with van der Waals surface area (Å²) in [6.45, 7) is 8.63. The summed E-state index contributed by atoms with van der Waals surface area (Å²) in [6, 6.07) is 0.715. The fourth-order valence-electron chi connectivity index (χ4n) is 1.91. The topological polar surface area (TPSA) is 21.3 Å². The first kappa shape index (κ1) is 12.0. The van der Waals surface area contributed by atoms with E-state index < -0.39 is 0 Å². The van der Waals surface area contributed by atoms with Gasteiger partial charge in [0, 0.05) is 19.2 Å². The molecule has 1 aliphatic rings. The molecule has 0 bridgehead atoms. The predicted octanol–water partition coefficient (Wildman–Crippen LogP) is 2.58. The van der Waals surface area contributed by atoms with E-state index >= 15 is 0 Å². The third kappa shape index (κ3) is 4.43. The standard InChI is InChI=1S/C12H25NO/c1-4-5-6-11-7-12(8-13-11)14-9-10(2)3/h10-13H,4-9H2,1-3H3. The number of nitrogens with one attached hydrogen (secondary N) is 1. The average molecular weight is 199 g/mol. The number of hydrogen-bond donors (Lipinski definition) is 1. The second kappa shape index (κ2) is 6.41. The molecular formula is C12H25NO. The molecule has 2 heteroatoms. The van der Waals surface area contributed by atoms with E-state index in [0.29, 0.717) is 18.1 Å². The van der Waals surface area contributed by atoms with Crippen LogP contribution in [0.1, 0.15) is 46.5 Å². The summed E-state index contributed by atoms with van der Waals surface area (Å²) in [5.41, 5.74) is 0. The predicted molar refractivity (Wildman–Crippen MR) is 60.5 cm³/mol. The Labute approximate surface area is 88.4 Å². The lowest BCUT2D eigenvalue weighted by Crippen LogP contribution is -2.21. The maximum Gasteiger partial charge on any atom is 0.0714 e. The summed E-state index contributed by atoms with van der Waals surface area (Å²) in [7, 11) is 0. The van der Waals surface area contributed by atoms with E-state index in [4.69, 9.17) is 4.74 Å². The van der Waals surface area contributed by atoms with Gasteiger partial charge in [-0.15, -0.1) is 0 Å². The molecule has 0 spiro atoms. The Morgan fingerprint density at radius 1 is 1.43 bits per heavy atom. The van der Waals surface area contributed by atoms with Crippen LogP contribution in [-0.4, -0.2) is 25.3 Å². The van der Waals surface area contributed by atoms with Gasteiger partial charge in [0.2, 0.25) is 0 Å². The van der Waals surface area contributed by atoms with Gasteiger partial charge < -0.3 is 10.1 Å². The largest absolute Gasteiger partial charge is 0.377 e. The Balaban J connectivity index is 2.08. The fourth-order valence-corrected chi connectivity index (χ4v) is 1.91. The molecule has 1 fully saturated rings. The van der Waals surface area contributed by atoms with Crippen LogP contribution in [0.2, 0.25) is 0 Å². The van der Waals surface area contributed by atoms with Gasteiger partial charge in [-0.1, -0.05) is 33.6 Å². The third-order valence-electron chi connectivity index (χ3n) is 2.75. The van der Waals surface area contributed by atoms with Crippen LogP contribution in [0.3, 0.4) is 0 Å². The van der Waals surface area contributed by atoms with Gasteiger partial charge in [0.1, 0.15) is 0 Å². The maximum atomic E-state index is 5.81. The van der Waals surface area contributed by atoms with Gasteiger partial charge in [-0.25, -0.2) is 0 Å². The Hall–Kier alpha value is -0.0800. The summed E-state index contributed by atoms with van der Waals surface area (Å²) in [4.78, 5) is 0. The molecule has 0 amide bonds. The highest BCUT2D eigenvalue weighted by Gasteiger charge is 2.23. The number of ether oxygens (including phenoxy) is 1. The number of unbranched alkanes of at least 4 members (excludes halogenated alkanes) is 1.